The van der Waals surface area contributed by atoms with Gasteiger partial charge in [-0.05, 0) is 20.3 Å². The summed E-state index contributed by atoms with van der Waals surface area (Å²) in [6, 6.07) is 2.01. The van der Waals surface area contributed by atoms with Crippen molar-refractivity contribution in [3.8, 4) is 0 Å². The SMILES string of the molecule is CC(C)OCCNc1cc(C2CCOC2)ncn1. The van der Waals surface area contributed by atoms with Crippen LogP contribution < -0.4 is 5.32 Å². The lowest BCUT2D eigenvalue weighted by atomic mass is 10.1. The lowest BCUT2D eigenvalue weighted by molar-refractivity contribution is 0.0870. The van der Waals surface area contributed by atoms with Crippen molar-refractivity contribution in [2.24, 2.45) is 0 Å². The minimum absolute atomic E-state index is 0.267. The Balaban J connectivity index is 1.83. The summed E-state index contributed by atoms with van der Waals surface area (Å²) in [4.78, 5) is 8.52. The summed E-state index contributed by atoms with van der Waals surface area (Å²) < 4.78 is 10.8. The van der Waals surface area contributed by atoms with Crippen LogP contribution >= 0.6 is 0 Å². The molecule has 0 aromatic carbocycles. The molecule has 0 bridgehead atoms. The van der Waals surface area contributed by atoms with Gasteiger partial charge in [-0.2, -0.15) is 0 Å². The van der Waals surface area contributed by atoms with Gasteiger partial charge in [0.25, 0.3) is 0 Å². The summed E-state index contributed by atoms with van der Waals surface area (Å²) in [5.74, 6) is 1.28. The smallest absolute Gasteiger partial charge is 0.129 e. The number of hydrogen-bond donors (Lipinski definition) is 1. The maximum Gasteiger partial charge on any atom is 0.129 e. The van der Waals surface area contributed by atoms with E-state index in [9.17, 15) is 0 Å². The molecule has 1 aromatic heterocycles. The van der Waals surface area contributed by atoms with E-state index in [0.717, 1.165) is 37.7 Å². The van der Waals surface area contributed by atoms with E-state index in [1.54, 1.807) is 6.33 Å². The molecule has 0 saturated carbocycles. The molecular weight excluding hydrogens is 230 g/mol. The average molecular weight is 251 g/mol. The fourth-order valence-corrected chi connectivity index (χ4v) is 1.93. The highest BCUT2D eigenvalue weighted by Gasteiger charge is 2.19. The first-order valence-electron chi connectivity index (χ1n) is 6.51. The fraction of sp³-hybridized carbons (Fsp3) is 0.692. The van der Waals surface area contributed by atoms with Crippen LogP contribution in [0.2, 0.25) is 0 Å². The number of nitrogens with zero attached hydrogens (tertiary/aromatic N) is 2. The quantitative estimate of drug-likeness (QED) is 0.781. The van der Waals surface area contributed by atoms with Gasteiger partial charge in [0.15, 0.2) is 0 Å². The first-order chi connectivity index (χ1) is 8.75. The van der Waals surface area contributed by atoms with Crippen LogP contribution in [0.4, 0.5) is 5.82 Å². The minimum Gasteiger partial charge on any atom is -0.381 e. The Morgan fingerprint density at radius 1 is 1.50 bits per heavy atom. The first-order valence-corrected chi connectivity index (χ1v) is 6.51. The third-order valence-electron chi connectivity index (χ3n) is 2.90. The number of rotatable bonds is 6. The maximum absolute atomic E-state index is 5.47. The van der Waals surface area contributed by atoms with Crippen molar-refractivity contribution in [1.29, 1.82) is 0 Å². The molecule has 1 unspecified atom stereocenters. The van der Waals surface area contributed by atoms with Crippen molar-refractivity contribution >= 4 is 5.82 Å². The van der Waals surface area contributed by atoms with Gasteiger partial charge in [0.1, 0.15) is 12.1 Å². The lowest BCUT2D eigenvalue weighted by Crippen LogP contribution is -2.14. The molecule has 0 aliphatic carbocycles. The summed E-state index contributed by atoms with van der Waals surface area (Å²) in [5.41, 5.74) is 1.06. The maximum atomic E-state index is 5.47. The number of aromatic nitrogens is 2. The lowest BCUT2D eigenvalue weighted by Gasteiger charge is -2.11. The second-order valence-corrected chi connectivity index (χ2v) is 4.73. The molecule has 18 heavy (non-hydrogen) atoms. The molecule has 1 aliphatic rings. The Labute approximate surface area is 108 Å². The molecule has 1 fully saturated rings. The number of ether oxygens (including phenoxy) is 2. The largest absolute Gasteiger partial charge is 0.381 e. The monoisotopic (exact) mass is 251 g/mol. The number of hydrogen-bond acceptors (Lipinski definition) is 5. The van der Waals surface area contributed by atoms with Crippen LogP contribution in [0.1, 0.15) is 31.9 Å². The van der Waals surface area contributed by atoms with Crippen LogP contribution in [-0.2, 0) is 9.47 Å². The van der Waals surface area contributed by atoms with Gasteiger partial charge >= 0.3 is 0 Å². The fourth-order valence-electron chi connectivity index (χ4n) is 1.93. The average Bonchev–Trinajstić information content (AvgIpc) is 2.89. The van der Waals surface area contributed by atoms with Crippen LogP contribution in [0.5, 0.6) is 0 Å². The van der Waals surface area contributed by atoms with E-state index in [1.165, 1.54) is 0 Å². The summed E-state index contributed by atoms with van der Waals surface area (Å²) in [5, 5.41) is 3.25. The predicted molar refractivity (Wildman–Crippen MR) is 69.8 cm³/mol. The molecule has 100 valence electrons. The van der Waals surface area contributed by atoms with E-state index in [0.29, 0.717) is 12.5 Å². The third-order valence-corrected chi connectivity index (χ3v) is 2.90. The molecule has 0 radical (unpaired) electrons. The molecule has 1 saturated heterocycles. The van der Waals surface area contributed by atoms with Crippen LogP contribution in [0.25, 0.3) is 0 Å². The molecule has 2 rings (SSSR count). The predicted octanol–water partition coefficient (Wildman–Crippen LogP) is 1.82. The van der Waals surface area contributed by atoms with Gasteiger partial charge < -0.3 is 14.8 Å². The van der Waals surface area contributed by atoms with Crippen molar-refractivity contribution in [2.45, 2.75) is 32.3 Å². The van der Waals surface area contributed by atoms with E-state index in [2.05, 4.69) is 15.3 Å². The van der Waals surface area contributed by atoms with Gasteiger partial charge in [0.2, 0.25) is 0 Å². The molecule has 1 atom stereocenters. The molecule has 0 spiro atoms. The van der Waals surface area contributed by atoms with Crippen molar-refractivity contribution < 1.29 is 9.47 Å². The van der Waals surface area contributed by atoms with Gasteiger partial charge in [-0.1, -0.05) is 0 Å². The van der Waals surface area contributed by atoms with Crippen molar-refractivity contribution in [2.75, 3.05) is 31.7 Å². The molecule has 1 aromatic rings. The van der Waals surface area contributed by atoms with Crippen LogP contribution in [0, 0.1) is 0 Å². The third kappa shape index (κ3) is 3.92. The highest BCUT2D eigenvalue weighted by atomic mass is 16.5. The van der Waals surface area contributed by atoms with E-state index >= 15 is 0 Å². The standard InChI is InChI=1S/C13H21N3O2/c1-10(2)18-6-4-14-13-7-12(15-9-16-13)11-3-5-17-8-11/h7,9-11H,3-6,8H2,1-2H3,(H,14,15,16). The van der Waals surface area contributed by atoms with Gasteiger partial charge in [0, 0.05) is 25.1 Å². The number of nitrogens with one attached hydrogen (secondary N) is 1. The highest BCUT2D eigenvalue weighted by molar-refractivity contribution is 5.35. The molecular formula is C13H21N3O2. The zero-order valence-corrected chi connectivity index (χ0v) is 11.1. The summed E-state index contributed by atoms with van der Waals surface area (Å²) in [7, 11) is 0. The molecule has 1 aliphatic heterocycles. The molecule has 5 heteroatoms. The summed E-state index contributed by atoms with van der Waals surface area (Å²) in [6.07, 6.45) is 2.93. The van der Waals surface area contributed by atoms with E-state index in [1.807, 2.05) is 19.9 Å². The Hall–Kier alpha value is -1.20. The van der Waals surface area contributed by atoms with Crippen LogP contribution in [0.3, 0.4) is 0 Å². The normalized spacial score (nSPS) is 19.4. The van der Waals surface area contributed by atoms with Crippen molar-refractivity contribution in [3.63, 3.8) is 0 Å². The van der Waals surface area contributed by atoms with Gasteiger partial charge in [-0.3, -0.25) is 0 Å². The molecule has 1 N–H and O–H groups in total. The van der Waals surface area contributed by atoms with Crippen LogP contribution in [-0.4, -0.2) is 42.4 Å². The molecule has 0 amide bonds. The van der Waals surface area contributed by atoms with Crippen molar-refractivity contribution in [3.05, 3.63) is 18.1 Å². The first kappa shape index (κ1) is 13.2. The van der Waals surface area contributed by atoms with E-state index < -0.39 is 0 Å². The van der Waals surface area contributed by atoms with Gasteiger partial charge in [0.05, 0.1) is 25.0 Å². The van der Waals surface area contributed by atoms with Crippen molar-refractivity contribution in [1.82, 2.24) is 9.97 Å². The zero-order valence-electron chi connectivity index (χ0n) is 11.1. The van der Waals surface area contributed by atoms with Gasteiger partial charge in [-0.15, -0.1) is 0 Å². The Bertz CT molecular complexity index is 365. The van der Waals surface area contributed by atoms with E-state index in [-0.39, 0.29) is 6.10 Å². The molecule has 2 heterocycles. The topological polar surface area (TPSA) is 56.3 Å². The minimum atomic E-state index is 0.267. The molecule has 5 nitrogen and oxygen atoms in total. The van der Waals surface area contributed by atoms with E-state index in [4.69, 9.17) is 9.47 Å². The second-order valence-electron chi connectivity index (χ2n) is 4.73. The Kier molecular flexibility index (Phi) is 4.90. The highest BCUT2D eigenvalue weighted by Crippen LogP contribution is 2.24. The van der Waals surface area contributed by atoms with Gasteiger partial charge in [-0.25, -0.2) is 9.97 Å². The zero-order chi connectivity index (χ0) is 12.8. The Morgan fingerprint density at radius 3 is 3.11 bits per heavy atom. The van der Waals surface area contributed by atoms with Crippen LogP contribution in [0.15, 0.2) is 12.4 Å². The summed E-state index contributed by atoms with van der Waals surface area (Å²) in [6.45, 7) is 7.11. The number of anilines is 1. The second kappa shape index (κ2) is 6.66. The summed E-state index contributed by atoms with van der Waals surface area (Å²) >= 11 is 0. The Morgan fingerprint density at radius 2 is 2.39 bits per heavy atom.